The number of carbonyl (C=O) groups excluding carboxylic acids is 2. The molecular weight excluding hydrogens is 238 g/mol. The molecule has 0 radical (unpaired) electrons. The van der Waals surface area contributed by atoms with Gasteiger partial charge in [0.1, 0.15) is 11.5 Å². The first-order valence-electron chi connectivity index (χ1n) is 4.80. The van der Waals surface area contributed by atoms with Crippen molar-refractivity contribution in [2.24, 2.45) is 5.73 Å². The van der Waals surface area contributed by atoms with E-state index in [1.54, 1.807) is 35.7 Å². The molecular formula is C12H9NO3S. The number of rotatable bonds is 4. The van der Waals surface area contributed by atoms with Crippen LogP contribution >= 0.6 is 11.3 Å². The first-order chi connectivity index (χ1) is 8.19. The molecule has 0 atom stereocenters. The molecule has 2 aromatic rings. The quantitative estimate of drug-likeness (QED) is 0.844. The Morgan fingerprint density at radius 2 is 1.94 bits per heavy atom. The molecule has 0 saturated carbocycles. The number of aldehydes is 1. The Bertz CT molecular complexity index is 545. The summed E-state index contributed by atoms with van der Waals surface area (Å²) in [6.45, 7) is 0. The third-order valence-corrected chi connectivity index (χ3v) is 2.92. The standard InChI is InChI=1S/C12H9NO3S/c13-12(15)8-1-3-9(4-2-8)16-10-5-11(6-14)17-7-10/h1-7H,(H2,13,15). The van der Waals surface area contributed by atoms with Crippen LogP contribution in [0.2, 0.25) is 0 Å². The second-order valence-corrected chi connectivity index (χ2v) is 4.24. The lowest BCUT2D eigenvalue weighted by Gasteiger charge is -2.03. The van der Waals surface area contributed by atoms with Gasteiger partial charge in [-0.15, -0.1) is 11.3 Å². The Balaban J connectivity index is 2.13. The van der Waals surface area contributed by atoms with E-state index < -0.39 is 5.91 Å². The third-order valence-electron chi connectivity index (χ3n) is 2.09. The number of hydrogen-bond acceptors (Lipinski definition) is 4. The summed E-state index contributed by atoms with van der Waals surface area (Å²) in [7, 11) is 0. The number of benzene rings is 1. The summed E-state index contributed by atoms with van der Waals surface area (Å²) >= 11 is 1.31. The van der Waals surface area contributed by atoms with E-state index in [4.69, 9.17) is 10.5 Å². The molecule has 2 rings (SSSR count). The molecule has 0 aliphatic heterocycles. The van der Waals surface area contributed by atoms with Crippen molar-refractivity contribution in [1.29, 1.82) is 0 Å². The highest BCUT2D eigenvalue weighted by molar-refractivity contribution is 7.11. The van der Waals surface area contributed by atoms with Crippen LogP contribution in [0.15, 0.2) is 35.7 Å². The van der Waals surface area contributed by atoms with E-state index in [9.17, 15) is 9.59 Å². The van der Waals surface area contributed by atoms with E-state index >= 15 is 0 Å². The molecule has 4 nitrogen and oxygen atoms in total. The minimum absolute atomic E-state index is 0.427. The Kier molecular flexibility index (Phi) is 3.20. The number of carbonyl (C=O) groups is 2. The Morgan fingerprint density at radius 3 is 2.47 bits per heavy atom. The normalized spacial score (nSPS) is 9.88. The highest BCUT2D eigenvalue weighted by Crippen LogP contribution is 2.26. The number of thiophene rings is 1. The molecule has 0 spiro atoms. The summed E-state index contributed by atoms with van der Waals surface area (Å²) in [5.74, 6) is 0.712. The van der Waals surface area contributed by atoms with Crippen LogP contribution in [0.5, 0.6) is 11.5 Å². The lowest BCUT2D eigenvalue weighted by Crippen LogP contribution is -2.10. The summed E-state index contributed by atoms with van der Waals surface area (Å²) in [6.07, 6.45) is 0.772. The molecule has 17 heavy (non-hydrogen) atoms. The Morgan fingerprint density at radius 1 is 1.24 bits per heavy atom. The molecule has 0 unspecified atom stereocenters. The topological polar surface area (TPSA) is 69.4 Å². The van der Waals surface area contributed by atoms with Crippen molar-refractivity contribution >= 4 is 23.5 Å². The first-order valence-corrected chi connectivity index (χ1v) is 5.68. The zero-order valence-electron chi connectivity index (χ0n) is 8.75. The first kappa shape index (κ1) is 11.3. The fourth-order valence-corrected chi connectivity index (χ4v) is 1.88. The van der Waals surface area contributed by atoms with Gasteiger partial charge in [0.05, 0.1) is 4.88 Å². The largest absolute Gasteiger partial charge is 0.456 e. The van der Waals surface area contributed by atoms with Gasteiger partial charge in [-0.25, -0.2) is 0 Å². The van der Waals surface area contributed by atoms with Crippen LogP contribution in [-0.4, -0.2) is 12.2 Å². The number of amides is 1. The molecule has 1 aromatic heterocycles. The molecule has 0 bridgehead atoms. The van der Waals surface area contributed by atoms with Crippen molar-refractivity contribution < 1.29 is 14.3 Å². The smallest absolute Gasteiger partial charge is 0.248 e. The van der Waals surface area contributed by atoms with Crippen LogP contribution in [0.25, 0.3) is 0 Å². The monoisotopic (exact) mass is 247 g/mol. The lowest BCUT2D eigenvalue weighted by atomic mass is 10.2. The van der Waals surface area contributed by atoms with E-state index in [1.165, 1.54) is 11.3 Å². The average Bonchev–Trinajstić information content (AvgIpc) is 2.77. The van der Waals surface area contributed by atoms with Crippen LogP contribution < -0.4 is 10.5 Å². The van der Waals surface area contributed by atoms with E-state index in [2.05, 4.69) is 0 Å². The summed E-state index contributed by atoms with van der Waals surface area (Å²) < 4.78 is 5.49. The fraction of sp³-hybridized carbons (Fsp3) is 0. The number of hydrogen-bond donors (Lipinski definition) is 1. The molecule has 1 aromatic carbocycles. The third kappa shape index (κ3) is 2.70. The van der Waals surface area contributed by atoms with Crippen LogP contribution in [-0.2, 0) is 0 Å². The highest BCUT2D eigenvalue weighted by atomic mass is 32.1. The van der Waals surface area contributed by atoms with E-state index in [1.807, 2.05) is 0 Å². The van der Waals surface area contributed by atoms with Gasteiger partial charge in [-0.2, -0.15) is 0 Å². The zero-order valence-corrected chi connectivity index (χ0v) is 9.57. The van der Waals surface area contributed by atoms with Crippen LogP contribution in [0.1, 0.15) is 20.0 Å². The SMILES string of the molecule is NC(=O)c1ccc(Oc2csc(C=O)c2)cc1. The van der Waals surface area contributed by atoms with E-state index in [-0.39, 0.29) is 0 Å². The zero-order chi connectivity index (χ0) is 12.3. The second kappa shape index (κ2) is 4.80. The van der Waals surface area contributed by atoms with E-state index in [0.717, 1.165) is 6.29 Å². The van der Waals surface area contributed by atoms with Gasteiger partial charge in [-0.3, -0.25) is 9.59 Å². The number of ether oxygens (including phenoxy) is 1. The predicted octanol–water partition coefficient (Wildman–Crippen LogP) is 2.45. The van der Waals surface area contributed by atoms with Crippen LogP contribution in [0, 0.1) is 0 Å². The summed E-state index contributed by atoms with van der Waals surface area (Å²) in [5, 5.41) is 1.74. The number of nitrogens with two attached hydrogens (primary N) is 1. The Hall–Kier alpha value is -2.14. The molecule has 1 amide bonds. The van der Waals surface area contributed by atoms with Gasteiger partial charge in [-0.1, -0.05) is 0 Å². The van der Waals surface area contributed by atoms with Gasteiger partial charge < -0.3 is 10.5 Å². The van der Waals surface area contributed by atoms with Crippen molar-refractivity contribution in [3.63, 3.8) is 0 Å². The average molecular weight is 247 g/mol. The highest BCUT2D eigenvalue weighted by Gasteiger charge is 2.03. The molecule has 0 saturated heterocycles. The van der Waals surface area contributed by atoms with Gasteiger partial charge in [-0.05, 0) is 24.3 Å². The summed E-state index contributed by atoms with van der Waals surface area (Å²) in [4.78, 5) is 22.0. The van der Waals surface area contributed by atoms with Gasteiger partial charge in [0.2, 0.25) is 5.91 Å². The molecule has 2 N–H and O–H groups in total. The molecule has 0 aliphatic carbocycles. The maximum atomic E-state index is 10.9. The summed E-state index contributed by atoms with van der Waals surface area (Å²) in [6, 6.07) is 8.13. The predicted molar refractivity (Wildman–Crippen MR) is 64.7 cm³/mol. The molecule has 1 heterocycles. The molecule has 0 aliphatic rings. The number of primary amides is 1. The van der Waals surface area contributed by atoms with Crippen molar-refractivity contribution in [3.8, 4) is 11.5 Å². The van der Waals surface area contributed by atoms with Gasteiger partial charge in [0, 0.05) is 17.0 Å². The van der Waals surface area contributed by atoms with Crippen molar-refractivity contribution in [3.05, 3.63) is 46.2 Å². The summed E-state index contributed by atoms with van der Waals surface area (Å²) in [5.41, 5.74) is 5.55. The maximum absolute atomic E-state index is 10.9. The molecule has 86 valence electrons. The minimum atomic E-state index is -0.477. The lowest BCUT2D eigenvalue weighted by molar-refractivity contribution is 0.1000. The Labute approximate surface area is 102 Å². The fourth-order valence-electron chi connectivity index (χ4n) is 1.27. The van der Waals surface area contributed by atoms with Crippen LogP contribution in [0.3, 0.4) is 0 Å². The van der Waals surface area contributed by atoms with Gasteiger partial charge in [0.15, 0.2) is 6.29 Å². The van der Waals surface area contributed by atoms with E-state index in [0.29, 0.717) is 21.9 Å². The molecule has 0 fully saturated rings. The van der Waals surface area contributed by atoms with Crippen molar-refractivity contribution in [1.82, 2.24) is 0 Å². The molecule has 5 heteroatoms. The minimum Gasteiger partial charge on any atom is -0.456 e. The second-order valence-electron chi connectivity index (χ2n) is 3.29. The van der Waals surface area contributed by atoms with Crippen molar-refractivity contribution in [2.75, 3.05) is 0 Å². The van der Waals surface area contributed by atoms with Gasteiger partial charge >= 0.3 is 0 Å². The van der Waals surface area contributed by atoms with Crippen LogP contribution in [0.4, 0.5) is 0 Å². The van der Waals surface area contributed by atoms with Crippen molar-refractivity contribution in [2.45, 2.75) is 0 Å². The van der Waals surface area contributed by atoms with Gasteiger partial charge in [0.25, 0.3) is 0 Å². The maximum Gasteiger partial charge on any atom is 0.248 e.